The summed E-state index contributed by atoms with van der Waals surface area (Å²) in [6.07, 6.45) is 2.59. The zero-order valence-electron chi connectivity index (χ0n) is 9.20. The van der Waals surface area contributed by atoms with Gasteiger partial charge in [0.15, 0.2) is 0 Å². The van der Waals surface area contributed by atoms with E-state index in [1.54, 1.807) is 0 Å². The highest BCUT2D eigenvalue weighted by Crippen LogP contribution is 2.20. The summed E-state index contributed by atoms with van der Waals surface area (Å²) in [7, 11) is 0. The van der Waals surface area contributed by atoms with Gasteiger partial charge < -0.3 is 10.0 Å². The zero-order chi connectivity index (χ0) is 11.3. The fourth-order valence-electron chi connectivity index (χ4n) is 1.54. The lowest BCUT2D eigenvalue weighted by Gasteiger charge is -2.23. The summed E-state index contributed by atoms with van der Waals surface area (Å²) in [5.41, 5.74) is 1.16. The Kier molecular flexibility index (Phi) is 5.05. The molecule has 0 aromatic carbocycles. The molecule has 0 saturated heterocycles. The van der Waals surface area contributed by atoms with E-state index in [1.807, 2.05) is 6.20 Å². The average molecular weight is 273 g/mol. The molecule has 0 aliphatic rings. The van der Waals surface area contributed by atoms with E-state index in [4.69, 9.17) is 5.11 Å². The summed E-state index contributed by atoms with van der Waals surface area (Å²) in [5, 5.41) is 8.82. The molecule has 0 bridgehead atoms. The topological polar surface area (TPSA) is 36.4 Å². The number of pyridine rings is 1. The van der Waals surface area contributed by atoms with Gasteiger partial charge in [-0.3, -0.25) is 0 Å². The zero-order valence-corrected chi connectivity index (χ0v) is 10.8. The van der Waals surface area contributed by atoms with Crippen LogP contribution in [0, 0.1) is 6.92 Å². The van der Waals surface area contributed by atoms with Gasteiger partial charge in [-0.15, -0.1) is 0 Å². The van der Waals surface area contributed by atoms with Crippen LogP contribution in [0.25, 0.3) is 0 Å². The minimum Gasteiger partial charge on any atom is -0.396 e. The number of halogens is 1. The van der Waals surface area contributed by atoms with Crippen molar-refractivity contribution in [1.29, 1.82) is 0 Å². The molecule has 15 heavy (non-hydrogen) atoms. The molecule has 1 rings (SSSR count). The van der Waals surface area contributed by atoms with E-state index in [-0.39, 0.29) is 6.61 Å². The van der Waals surface area contributed by atoms with Gasteiger partial charge in [-0.05, 0) is 47.8 Å². The number of hydrogen-bond acceptors (Lipinski definition) is 3. The number of hydrogen-bond donors (Lipinski definition) is 1. The third-order valence-electron chi connectivity index (χ3n) is 2.28. The Morgan fingerprint density at radius 2 is 2.27 bits per heavy atom. The Balaban J connectivity index is 2.81. The molecule has 1 heterocycles. The fraction of sp³-hybridized carbons (Fsp3) is 0.545. The molecule has 0 unspecified atom stereocenters. The Hall–Kier alpha value is -0.610. The molecule has 1 aromatic rings. The minimum absolute atomic E-state index is 0.228. The second kappa shape index (κ2) is 6.08. The van der Waals surface area contributed by atoms with Crippen LogP contribution in [0.4, 0.5) is 5.82 Å². The van der Waals surface area contributed by atoms with Gasteiger partial charge in [0.25, 0.3) is 0 Å². The lowest BCUT2D eigenvalue weighted by molar-refractivity contribution is 0.289. The molecule has 3 nitrogen and oxygen atoms in total. The van der Waals surface area contributed by atoms with E-state index in [9.17, 15) is 0 Å². The van der Waals surface area contributed by atoms with Crippen molar-refractivity contribution >= 4 is 21.7 Å². The van der Waals surface area contributed by atoms with Gasteiger partial charge in [0.2, 0.25) is 0 Å². The first kappa shape index (κ1) is 12.5. The Morgan fingerprint density at radius 1 is 1.53 bits per heavy atom. The minimum atomic E-state index is 0.228. The Bertz CT molecular complexity index is 317. The lowest BCUT2D eigenvalue weighted by Crippen LogP contribution is -2.26. The molecule has 1 aromatic heterocycles. The highest BCUT2D eigenvalue weighted by atomic mass is 79.9. The van der Waals surface area contributed by atoms with Crippen LogP contribution in [0.3, 0.4) is 0 Å². The summed E-state index contributed by atoms with van der Waals surface area (Å²) in [6, 6.07) is 2.06. The monoisotopic (exact) mass is 272 g/mol. The lowest BCUT2D eigenvalue weighted by atomic mass is 10.2. The number of rotatable bonds is 5. The van der Waals surface area contributed by atoms with Crippen molar-refractivity contribution in [3.8, 4) is 0 Å². The van der Waals surface area contributed by atoms with Gasteiger partial charge in [0.1, 0.15) is 5.82 Å². The largest absolute Gasteiger partial charge is 0.396 e. The molecular formula is C11H17BrN2O. The molecule has 1 N–H and O–H groups in total. The first-order valence-electron chi connectivity index (χ1n) is 5.17. The smallest absolute Gasteiger partial charge is 0.131 e. The highest BCUT2D eigenvalue weighted by molar-refractivity contribution is 9.10. The first-order chi connectivity index (χ1) is 7.19. The van der Waals surface area contributed by atoms with E-state index >= 15 is 0 Å². The number of anilines is 1. The van der Waals surface area contributed by atoms with Crippen LogP contribution >= 0.6 is 15.9 Å². The maximum Gasteiger partial charge on any atom is 0.131 e. The number of aliphatic hydroxyl groups is 1. The number of nitrogens with zero attached hydrogens (tertiary/aromatic N) is 2. The molecule has 84 valence electrons. The van der Waals surface area contributed by atoms with Crippen LogP contribution in [0.1, 0.15) is 18.9 Å². The molecule has 0 spiro atoms. The molecule has 0 radical (unpaired) electrons. The van der Waals surface area contributed by atoms with Crippen molar-refractivity contribution in [2.45, 2.75) is 20.3 Å². The standard InChI is InChI=1S/C11H17BrN2O/c1-3-14(5-4-6-15)11-9(2)7-10(12)8-13-11/h7-8,15H,3-6H2,1-2H3. The quantitative estimate of drug-likeness (QED) is 0.894. The van der Waals surface area contributed by atoms with Crippen LogP contribution in [0.2, 0.25) is 0 Å². The molecular weight excluding hydrogens is 256 g/mol. The second-order valence-corrected chi connectivity index (χ2v) is 4.37. The highest BCUT2D eigenvalue weighted by Gasteiger charge is 2.08. The number of aliphatic hydroxyl groups excluding tert-OH is 1. The van der Waals surface area contributed by atoms with Crippen molar-refractivity contribution in [3.05, 3.63) is 22.3 Å². The summed E-state index contributed by atoms with van der Waals surface area (Å²) in [4.78, 5) is 6.58. The summed E-state index contributed by atoms with van der Waals surface area (Å²) in [5.74, 6) is 1.01. The predicted octanol–water partition coefficient (Wildman–Crippen LogP) is 2.36. The second-order valence-electron chi connectivity index (χ2n) is 3.45. The van der Waals surface area contributed by atoms with Crippen molar-refractivity contribution in [3.63, 3.8) is 0 Å². The number of aromatic nitrogens is 1. The van der Waals surface area contributed by atoms with E-state index in [0.717, 1.165) is 35.4 Å². The van der Waals surface area contributed by atoms with Crippen molar-refractivity contribution in [2.24, 2.45) is 0 Å². The molecule has 0 amide bonds. The summed E-state index contributed by atoms with van der Waals surface area (Å²) >= 11 is 3.40. The maximum atomic E-state index is 8.82. The SMILES string of the molecule is CCN(CCCO)c1ncc(Br)cc1C. The molecule has 0 aliphatic heterocycles. The van der Waals surface area contributed by atoms with Crippen molar-refractivity contribution in [2.75, 3.05) is 24.6 Å². The van der Waals surface area contributed by atoms with Gasteiger partial charge in [-0.1, -0.05) is 0 Å². The normalized spacial score (nSPS) is 10.4. The van der Waals surface area contributed by atoms with Crippen LogP contribution in [-0.4, -0.2) is 29.8 Å². The van der Waals surface area contributed by atoms with E-state index in [2.05, 4.69) is 45.7 Å². The van der Waals surface area contributed by atoms with E-state index < -0.39 is 0 Å². The fourth-order valence-corrected chi connectivity index (χ4v) is 1.99. The van der Waals surface area contributed by atoms with Gasteiger partial charge in [-0.25, -0.2) is 4.98 Å². The van der Waals surface area contributed by atoms with Gasteiger partial charge in [0.05, 0.1) is 0 Å². The average Bonchev–Trinajstić information content (AvgIpc) is 2.21. The molecule has 4 heteroatoms. The van der Waals surface area contributed by atoms with Crippen LogP contribution < -0.4 is 4.90 Å². The Labute approximate surface area is 99.3 Å². The summed E-state index contributed by atoms with van der Waals surface area (Å²) in [6.45, 7) is 6.14. The maximum absolute atomic E-state index is 8.82. The molecule has 0 aliphatic carbocycles. The molecule has 0 saturated carbocycles. The van der Waals surface area contributed by atoms with Crippen LogP contribution in [0.5, 0.6) is 0 Å². The first-order valence-corrected chi connectivity index (χ1v) is 5.96. The predicted molar refractivity (Wildman–Crippen MR) is 66.3 cm³/mol. The third kappa shape index (κ3) is 3.47. The van der Waals surface area contributed by atoms with E-state index in [0.29, 0.717) is 0 Å². The van der Waals surface area contributed by atoms with Gasteiger partial charge >= 0.3 is 0 Å². The van der Waals surface area contributed by atoms with E-state index in [1.165, 1.54) is 0 Å². The molecule has 0 fully saturated rings. The van der Waals surface area contributed by atoms with Crippen LogP contribution in [0.15, 0.2) is 16.7 Å². The van der Waals surface area contributed by atoms with Gasteiger partial charge in [0, 0.05) is 30.4 Å². The third-order valence-corrected chi connectivity index (χ3v) is 2.72. The summed E-state index contributed by atoms with van der Waals surface area (Å²) < 4.78 is 1.00. The Morgan fingerprint density at radius 3 is 2.80 bits per heavy atom. The molecule has 0 atom stereocenters. The van der Waals surface area contributed by atoms with Crippen molar-refractivity contribution in [1.82, 2.24) is 4.98 Å². The number of aryl methyl sites for hydroxylation is 1. The van der Waals surface area contributed by atoms with Crippen LogP contribution in [-0.2, 0) is 0 Å². The van der Waals surface area contributed by atoms with Gasteiger partial charge in [-0.2, -0.15) is 0 Å². The van der Waals surface area contributed by atoms with Crippen molar-refractivity contribution < 1.29 is 5.11 Å².